The highest BCUT2D eigenvalue weighted by atomic mass is 32.1. The highest BCUT2D eigenvalue weighted by Crippen LogP contribution is 2.30. The van der Waals surface area contributed by atoms with Gasteiger partial charge in [0, 0.05) is 16.6 Å². The van der Waals surface area contributed by atoms with E-state index in [2.05, 4.69) is 17.2 Å². The molecule has 0 radical (unpaired) electrons. The predicted molar refractivity (Wildman–Crippen MR) is 134 cm³/mol. The maximum atomic E-state index is 13.2. The molecule has 0 aliphatic rings. The molecule has 2 aromatic heterocycles. The number of nitrogens with zero attached hydrogens (tertiary/aromatic N) is 2. The van der Waals surface area contributed by atoms with E-state index < -0.39 is 11.9 Å². The summed E-state index contributed by atoms with van der Waals surface area (Å²) in [5.74, 6) is -0.841. The van der Waals surface area contributed by atoms with Crippen molar-refractivity contribution in [1.82, 2.24) is 9.55 Å². The first-order valence-electron chi connectivity index (χ1n) is 11.1. The third kappa shape index (κ3) is 5.07. The van der Waals surface area contributed by atoms with E-state index in [9.17, 15) is 14.4 Å². The van der Waals surface area contributed by atoms with Gasteiger partial charge in [0.2, 0.25) is 5.91 Å². The van der Waals surface area contributed by atoms with Gasteiger partial charge in [0.15, 0.2) is 0 Å². The summed E-state index contributed by atoms with van der Waals surface area (Å²) in [7, 11) is 0. The molecule has 8 heteroatoms. The number of aromatic nitrogens is 2. The zero-order valence-electron chi connectivity index (χ0n) is 19.0. The smallest absolute Gasteiger partial charge is 0.338 e. The topological polar surface area (TPSA) is 90.3 Å². The van der Waals surface area contributed by atoms with Crippen molar-refractivity contribution in [2.75, 3.05) is 11.9 Å². The summed E-state index contributed by atoms with van der Waals surface area (Å²) in [5, 5.41) is 5.17. The number of nitrogens with one attached hydrogen (secondary N) is 1. The summed E-state index contributed by atoms with van der Waals surface area (Å²) in [4.78, 5) is 43.0. The van der Waals surface area contributed by atoms with Crippen LogP contribution in [-0.2, 0) is 22.5 Å². The summed E-state index contributed by atoms with van der Waals surface area (Å²) in [5.41, 5.74) is 3.50. The molecule has 0 fully saturated rings. The first kappa shape index (κ1) is 23.4. The molecule has 2 heterocycles. The summed E-state index contributed by atoms with van der Waals surface area (Å²) in [6.07, 6.45) is 3.06. The number of carbonyl (C=O) groups excluding carboxylic acids is 2. The third-order valence-corrected chi connectivity index (χ3v) is 6.25. The lowest BCUT2D eigenvalue weighted by Crippen LogP contribution is -2.27. The van der Waals surface area contributed by atoms with Gasteiger partial charge in [-0.1, -0.05) is 44.2 Å². The van der Waals surface area contributed by atoms with E-state index in [1.165, 1.54) is 27.8 Å². The molecule has 0 aliphatic heterocycles. The maximum Gasteiger partial charge on any atom is 0.338 e. The van der Waals surface area contributed by atoms with E-state index in [1.54, 1.807) is 24.3 Å². The average molecular weight is 476 g/mol. The molecule has 2 aromatic carbocycles. The number of amides is 1. The van der Waals surface area contributed by atoms with Crippen molar-refractivity contribution in [3.05, 3.63) is 81.7 Å². The van der Waals surface area contributed by atoms with E-state index >= 15 is 0 Å². The lowest BCUT2D eigenvalue weighted by molar-refractivity contribution is -0.116. The lowest BCUT2D eigenvalue weighted by atomic mass is 10.0. The van der Waals surface area contributed by atoms with Crippen molar-refractivity contribution in [3.63, 3.8) is 0 Å². The Bertz CT molecular complexity index is 1390. The Kier molecular flexibility index (Phi) is 7.18. The number of hydrogen-bond donors (Lipinski definition) is 1. The number of fused-ring (bicyclic) bond motifs is 1. The second kappa shape index (κ2) is 10.4. The highest BCUT2D eigenvalue weighted by Gasteiger charge is 2.15. The molecule has 1 amide bonds. The Labute approximate surface area is 201 Å². The number of hydrogen-bond acceptors (Lipinski definition) is 6. The van der Waals surface area contributed by atoms with E-state index in [0.717, 1.165) is 24.0 Å². The first-order chi connectivity index (χ1) is 16.5. The lowest BCUT2D eigenvalue weighted by Gasteiger charge is -2.09. The zero-order chi connectivity index (χ0) is 24.1. The third-order valence-electron chi connectivity index (χ3n) is 5.37. The van der Waals surface area contributed by atoms with E-state index in [1.807, 2.05) is 36.6 Å². The van der Waals surface area contributed by atoms with Gasteiger partial charge in [-0.2, -0.15) is 0 Å². The van der Waals surface area contributed by atoms with Crippen LogP contribution >= 0.6 is 11.3 Å². The largest absolute Gasteiger partial charge is 0.462 e. The monoisotopic (exact) mass is 475 g/mol. The van der Waals surface area contributed by atoms with Crippen LogP contribution in [0.3, 0.4) is 0 Å². The Morgan fingerprint density at radius 1 is 1.12 bits per heavy atom. The minimum absolute atomic E-state index is 0.198. The molecule has 0 aliphatic carbocycles. The molecule has 0 spiro atoms. The van der Waals surface area contributed by atoms with E-state index in [0.29, 0.717) is 28.1 Å². The van der Waals surface area contributed by atoms with Gasteiger partial charge in [0.25, 0.3) is 5.56 Å². The molecule has 0 unspecified atom stereocenters. The van der Waals surface area contributed by atoms with Crippen LogP contribution in [0.4, 0.5) is 5.69 Å². The molecule has 174 valence electrons. The van der Waals surface area contributed by atoms with Crippen LogP contribution in [0.15, 0.2) is 65.0 Å². The molecular weight excluding hydrogens is 450 g/mol. The Morgan fingerprint density at radius 2 is 1.91 bits per heavy atom. The van der Waals surface area contributed by atoms with Crippen LogP contribution in [0.25, 0.3) is 21.3 Å². The molecule has 1 N–H and O–H groups in total. The van der Waals surface area contributed by atoms with Crippen molar-refractivity contribution in [2.24, 2.45) is 0 Å². The van der Waals surface area contributed by atoms with Crippen LogP contribution in [0.1, 0.15) is 36.2 Å². The van der Waals surface area contributed by atoms with Gasteiger partial charge in [0.1, 0.15) is 11.4 Å². The van der Waals surface area contributed by atoms with Gasteiger partial charge in [0.05, 0.1) is 23.9 Å². The van der Waals surface area contributed by atoms with E-state index in [4.69, 9.17) is 4.74 Å². The number of esters is 1. The average Bonchev–Trinajstić information content (AvgIpc) is 3.29. The number of aryl methyl sites for hydroxylation is 1. The fourth-order valence-corrected chi connectivity index (χ4v) is 4.48. The fraction of sp³-hybridized carbons (Fsp3) is 0.231. The highest BCUT2D eigenvalue weighted by molar-refractivity contribution is 7.17. The van der Waals surface area contributed by atoms with Gasteiger partial charge in [-0.05, 0) is 42.2 Å². The molecule has 0 saturated carbocycles. The van der Waals surface area contributed by atoms with Crippen LogP contribution in [0.2, 0.25) is 0 Å². The van der Waals surface area contributed by atoms with Crippen molar-refractivity contribution >= 4 is 39.1 Å². The SMILES string of the molecule is CCCOC(=O)c1cccc(NC(=O)Cn2cnc3scc(-c4ccc(CC)cc4)c3c2=O)c1. The number of rotatable bonds is 8. The summed E-state index contributed by atoms with van der Waals surface area (Å²) in [6.45, 7) is 4.15. The minimum Gasteiger partial charge on any atom is -0.462 e. The van der Waals surface area contributed by atoms with Crippen LogP contribution < -0.4 is 10.9 Å². The van der Waals surface area contributed by atoms with Crippen LogP contribution in [0.5, 0.6) is 0 Å². The fourth-order valence-electron chi connectivity index (χ4n) is 3.57. The number of ether oxygens (including phenoxy) is 1. The van der Waals surface area contributed by atoms with Gasteiger partial charge >= 0.3 is 5.97 Å². The molecule has 0 atom stereocenters. The second-order valence-electron chi connectivity index (χ2n) is 7.82. The molecule has 4 rings (SSSR count). The maximum absolute atomic E-state index is 13.2. The quantitative estimate of drug-likeness (QED) is 0.366. The zero-order valence-corrected chi connectivity index (χ0v) is 19.9. The normalized spacial score (nSPS) is 10.9. The van der Waals surface area contributed by atoms with Gasteiger partial charge in [-0.3, -0.25) is 14.2 Å². The van der Waals surface area contributed by atoms with Crippen molar-refractivity contribution in [3.8, 4) is 11.1 Å². The predicted octanol–water partition coefficient (Wildman–Crippen LogP) is 4.89. The van der Waals surface area contributed by atoms with Crippen molar-refractivity contribution < 1.29 is 14.3 Å². The second-order valence-corrected chi connectivity index (χ2v) is 8.68. The molecular formula is C26H25N3O4S. The standard InChI is InChI=1S/C26H25N3O4S/c1-3-12-33-26(32)19-6-5-7-20(13-19)28-22(30)14-29-16-27-24-23(25(29)31)21(15-34-24)18-10-8-17(4-2)9-11-18/h5-11,13,15-16H,3-4,12,14H2,1-2H3,(H,28,30). The van der Waals surface area contributed by atoms with Gasteiger partial charge in [-0.25, -0.2) is 9.78 Å². The van der Waals surface area contributed by atoms with E-state index in [-0.39, 0.29) is 12.1 Å². The van der Waals surface area contributed by atoms with Gasteiger partial charge < -0.3 is 10.1 Å². The van der Waals surface area contributed by atoms with Crippen LogP contribution in [0, 0.1) is 0 Å². The van der Waals surface area contributed by atoms with Gasteiger partial charge in [-0.15, -0.1) is 11.3 Å². The number of benzene rings is 2. The number of anilines is 1. The Hall–Kier alpha value is -3.78. The summed E-state index contributed by atoms with van der Waals surface area (Å²) in [6, 6.07) is 14.6. The Morgan fingerprint density at radius 3 is 2.65 bits per heavy atom. The minimum atomic E-state index is -0.444. The van der Waals surface area contributed by atoms with Crippen molar-refractivity contribution in [1.29, 1.82) is 0 Å². The summed E-state index contributed by atoms with van der Waals surface area (Å²) >= 11 is 1.40. The van der Waals surface area contributed by atoms with Crippen LogP contribution in [-0.4, -0.2) is 28.0 Å². The first-order valence-corrected chi connectivity index (χ1v) is 12.0. The molecule has 34 heavy (non-hydrogen) atoms. The molecule has 0 bridgehead atoms. The number of thiophene rings is 1. The molecule has 0 saturated heterocycles. The molecule has 7 nitrogen and oxygen atoms in total. The summed E-state index contributed by atoms with van der Waals surface area (Å²) < 4.78 is 6.44. The van der Waals surface area contributed by atoms with Crippen molar-refractivity contribution in [2.45, 2.75) is 33.2 Å². The number of carbonyl (C=O) groups is 2. The Balaban J connectivity index is 1.54. The molecule has 4 aromatic rings.